The normalized spacial score (nSPS) is 20.8. The first-order chi connectivity index (χ1) is 8.65. The Labute approximate surface area is 109 Å². The highest BCUT2D eigenvalue weighted by atomic mass is 16.5. The Morgan fingerprint density at radius 3 is 2.89 bits per heavy atom. The first-order valence-corrected chi connectivity index (χ1v) is 6.89. The molecule has 0 aliphatic carbocycles. The molecule has 1 fully saturated rings. The van der Waals surface area contributed by atoms with Gasteiger partial charge in [-0.3, -0.25) is 4.90 Å². The molecule has 0 radical (unpaired) electrons. The molecule has 2 heterocycles. The molecule has 1 atom stereocenters. The Morgan fingerprint density at radius 1 is 1.44 bits per heavy atom. The third kappa shape index (κ3) is 3.78. The van der Waals surface area contributed by atoms with Crippen LogP contribution < -0.4 is 5.32 Å². The Kier molecular flexibility index (Phi) is 4.72. The van der Waals surface area contributed by atoms with E-state index >= 15 is 0 Å². The third-order valence-corrected chi connectivity index (χ3v) is 3.33. The molecular formula is C13H24N4O. The molecule has 2 rings (SSSR count). The molecule has 1 unspecified atom stereocenters. The summed E-state index contributed by atoms with van der Waals surface area (Å²) >= 11 is 0. The molecule has 0 amide bonds. The maximum absolute atomic E-state index is 5.21. The van der Waals surface area contributed by atoms with Crippen LogP contribution in [-0.2, 0) is 6.54 Å². The lowest BCUT2D eigenvalue weighted by atomic mass is 10.0. The number of nitrogens with zero attached hydrogens (tertiary/aromatic N) is 3. The van der Waals surface area contributed by atoms with Crippen molar-refractivity contribution in [2.45, 2.75) is 51.6 Å². The topological polar surface area (TPSA) is 54.2 Å². The molecule has 1 saturated heterocycles. The Balaban J connectivity index is 1.80. The highest BCUT2D eigenvalue weighted by Gasteiger charge is 2.16. The van der Waals surface area contributed by atoms with Crippen molar-refractivity contribution in [1.29, 1.82) is 0 Å². The number of nitrogens with one attached hydrogen (secondary N) is 1. The lowest BCUT2D eigenvalue weighted by Gasteiger charge is -2.27. The van der Waals surface area contributed by atoms with Crippen LogP contribution in [0.1, 0.15) is 50.7 Å². The first-order valence-electron chi connectivity index (χ1n) is 6.89. The van der Waals surface area contributed by atoms with Crippen LogP contribution in [-0.4, -0.2) is 41.2 Å². The SMILES string of the molecule is CC(C)c1nc(CN(C)CC2CCCCN2)no1. The molecule has 1 aromatic heterocycles. The van der Waals surface area contributed by atoms with Gasteiger partial charge in [0.15, 0.2) is 5.82 Å². The van der Waals surface area contributed by atoms with Gasteiger partial charge in [-0.05, 0) is 26.4 Å². The predicted molar refractivity (Wildman–Crippen MR) is 70.4 cm³/mol. The second-order valence-corrected chi connectivity index (χ2v) is 5.55. The lowest BCUT2D eigenvalue weighted by molar-refractivity contribution is 0.248. The Hall–Kier alpha value is -0.940. The fourth-order valence-corrected chi connectivity index (χ4v) is 2.33. The second kappa shape index (κ2) is 6.29. The summed E-state index contributed by atoms with van der Waals surface area (Å²) in [5.41, 5.74) is 0. The van der Waals surface area contributed by atoms with Crippen LogP contribution >= 0.6 is 0 Å². The summed E-state index contributed by atoms with van der Waals surface area (Å²) in [5, 5.41) is 7.58. The van der Waals surface area contributed by atoms with E-state index in [9.17, 15) is 0 Å². The summed E-state index contributed by atoms with van der Waals surface area (Å²) in [6.45, 7) is 7.08. The van der Waals surface area contributed by atoms with E-state index in [0.29, 0.717) is 12.0 Å². The zero-order valence-corrected chi connectivity index (χ0v) is 11.6. The van der Waals surface area contributed by atoms with E-state index in [4.69, 9.17) is 4.52 Å². The number of rotatable bonds is 5. The molecule has 0 aromatic carbocycles. The monoisotopic (exact) mass is 252 g/mol. The minimum Gasteiger partial charge on any atom is -0.339 e. The lowest BCUT2D eigenvalue weighted by Crippen LogP contribution is -2.42. The van der Waals surface area contributed by atoms with Gasteiger partial charge >= 0.3 is 0 Å². The number of hydrogen-bond acceptors (Lipinski definition) is 5. The van der Waals surface area contributed by atoms with Gasteiger partial charge in [0.25, 0.3) is 0 Å². The summed E-state index contributed by atoms with van der Waals surface area (Å²) in [5.74, 6) is 1.82. The van der Waals surface area contributed by atoms with E-state index in [0.717, 1.165) is 31.3 Å². The molecule has 5 nitrogen and oxygen atoms in total. The summed E-state index contributed by atoms with van der Waals surface area (Å²) in [6, 6.07) is 0.611. The van der Waals surface area contributed by atoms with E-state index in [1.807, 2.05) is 0 Å². The van der Waals surface area contributed by atoms with Crippen molar-refractivity contribution in [3.63, 3.8) is 0 Å². The fourth-order valence-electron chi connectivity index (χ4n) is 2.33. The summed E-state index contributed by atoms with van der Waals surface area (Å²) in [6.07, 6.45) is 3.92. The van der Waals surface area contributed by atoms with Gasteiger partial charge in [-0.15, -0.1) is 0 Å². The van der Waals surface area contributed by atoms with E-state index in [2.05, 4.69) is 41.3 Å². The highest BCUT2D eigenvalue weighted by Crippen LogP contribution is 2.12. The molecule has 0 saturated carbocycles. The molecule has 0 spiro atoms. The van der Waals surface area contributed by atoms with Gasteiger partial charge in [-0.1, -0.05) is 25.4 Å². The van der Waals surface area contributed by atoms with E-state index in [-0.39, 0.29) is 0 Å². The van der Waals surface area contributed by atoms with Crippen molar-refractivity contribution < 1.29 is 4.52 Å². The first kappa shape index (κ1) is 13.5. The molecule has 1 aliphatic rings. The van der Waals surface area contributed by atoms with E-state index in [1.165, 1.54) is 19.3 Å². The van der Waals surface area contributed by atoms with Crippen LogP contribution in [0.5, 0.6) is 0 Å². The van der Waals surface area contributed by atoms with Crippen LogP contribution in [0.4, 0.5) is 0 Å². The molecular weight excluding hydrogens is 228 g/mol. The maximum Gasteiger partial charge on any atom is 0.229 e. The zero-order valence-electron chi connectivity index (χ0n) is 11.6. The Bertz CT molecular complexity index is 358. The van der Waals surface area contributed by atoms with Gasteiger partial charge in [0.2, 0.25) is 5.89 Å². The van der Waals surface area contributed by atoms with Crippen molar-refractivity contribution in [2.24, 2.45) is 0 Å². The molecule has 102 valence electrons. The van der Waals surface area contributed by atoms with Gasteiger partial charge in [0.05, 0.1) is 6.54 Å². The smallest absolute Gasteiger partial charge is 0.229 e. The number of aromatic nitrogens is 2. The predicted octanol–water partition coefficient (Wildman–Crippen LogP) is 1.77. The minimum absolute atomic E-state index is 0.302. The number of hydrogen-bond donors (Lipinski definition) is 1. The van der Waals surface area contributed by atoms with Gasteiger partial charge in [-0.25, -0.2) is 0 Å². The van der Waals surface area contributed by atoms with Crippen LogP contribution in [0, 0.1) is 0 Å². The van der Waals surface area contributed by atoms with Crippen molar-refractivity contribution in [3.8, 4) is 0 Å². The van der Waals surface area contributed by atoms with Gasteiger partial charge in [-0.2, -0.15) is 4.98 Å². The number of piperidine rings is 1. The molecule has 5 heteroatoms. The molecule has 18 heavy (non-hydrogen) atoms. The minimum atomic E-state index is 0.302. The van der Waals surface area contributed by atoms with E-state index < -0.39 is 0 Å². The van der Waals surface area contributed by atoms with Crippen LogP contribution in [0.15, 0.2) is 4.52 Å². The molecule has 1 N–H and O–H groups in total. The molecule has 1 aliphatic heterocycles. The molecule has 1 aromatic rings. The second-order valence-electron chi connectivity index (χ2n) is 5.55. The summed E-state index contributed by atoms with van der Waals surface area (Å²) in [4.78, 5) is 6.66. The zero-order chi connectivity index (χ0) is 13.0. The van der Waals surface area contributed by atoms with Crippen molar-refractivity contribution in [3.05, 3.63) is 11.7 Å². The average molecular weight is 252 g/mol. The summed E-state index contributed by atoms with van der Waals surface area (Å²) < 4.78 is 5.21. The van der Waals surface area contributed by atoms with Crippen molar-refractivity contribution in [1.82, 2.24) is 20.4 Å². The average Bonchev–Trinajstić information content (AvgIpc) is 2.78. The van der Waals surface area contributed by atoms with Gasteiger partial charge in [0, 0.05) is 18.5 Å². The van der Waals surface area contributed by atoms with Crippen molar-refractivity contribution >= 4 is 0 Å². The van der Waals surface area contributed by atoms with Crippen molar-refractivity contribution in [2.75, 3.05) is 20.1 Å². The standard InChI is InChI=1S/C13H24N4O/c1-10(2)13-15-12(16-18-13)9-17(3)8-11-6-4-5-7-14-11/h10-11,14H,4-9H2,1-3H3. The van der Waals surface area contributed by atoms with Crippen LogP contribution in [0.3, 0.4) is 0 Å². The van der Waals surface area contributed by atoms with Gasteiger partial charge < -0.3 is 9.84 Å². The fraction of sp³-hybridized carbons (Fsp3) is 0.846. The van der Waals surface area contributed by atoms with E-state index in [1.54, 1.807) is 0 Å². The maximum atomic E-state index is 5.21. The number of likely N-dealkylation sites (N-methyl/N-ethyl adjacent to an activating group) is 1. The van der Waals surface area contributed by atoms with Crippen LogP contribution in [0.2, 0.25) is 0 Å². The third-order valence-electron chi connectivity index (χ3n) is 3.33. The summed E-state index contributed by atoms with van der Waals surface area (Å²) in [7, 11) is 2.11. The van der Waals surface area contributed by atoms with Crippen LogP contribution in [0.25, 0.3) is 0 Å². The molecule has 0 bridgehead atoms. The van der Waals surface area contributed by atoms with Gasteiger partial charge in [0.1, 0.15) is 0 Å². The highest BCUT2D eigenvalue weighted by molar-refractivity contribution is 4.90. The quantitative estimate of drug-likeness (QED) is 0.865. The Morgan fingerprint density at radius 2 is 2.28 bits per heavy atom. The largest absolute Gasteiger partial charge is 0.339 e.